The van der Waals surface area contributed by atoms with Crippen LogP contribution in [0.5, 0.6) is 0 Å². The molecule has 0 aliphatic heterocycles. The molecule has 0 spiro atoms. The van der Waals surface area contributed by atoms with E-state index in [0.29, 0.717) is 78.1 Å². The lowest BCUT2D eigenvalue weighted by atomic mass is 9.90. The first kappa shape index (κ1) is 51.5. The van der Waals surface area contributed by atoms with E-state index in [-0.39, 0.29) is 55.6 Å². The van der Waals surface area contributed by atoms with E-state index < -0.39 is 23.5 Å². The van der Waals surface area contributed by atoms with Crippen molar-refractivity contribution in [1.82, 2.24) is 14.5 Å². The van der Waals surface area contributed by atoms with E-state index in [1.807, 2.05) is 77.4 Å². The van der Waals surface area contributed by atoms with Crippen LogP contribution in [0.25, 0.3) is 106 Å². The van der Waals surface area contributed by atoms with Crippen molar-refractivity contribution in [1.29, 1.82) is 31.6 Å². The van der Waals surface area contributed by atoms with E-state index in [1.54, 1.807) is 54.6 Å². The summed E-state index contributed by atoms with van der Waals surface area (Å²) in [6, 6.07) is 60.7. The normalized spacial score (nSPS) is 11.3. The molecule has 0 radical (unpaired) electrons. The Labute approximate surface area is 457 Å². The molecule has 0 bridgehead atoms. The molecular formula is C66H31F6N9. The minimum Gasteiger partial charge on any atom is -0.308 e. The zero-order valence-electron chi connectivity index (χ0n) is 41.7. The molecule has 0 amide bonds. The van der Waals surface area contributed by atoms with Crippen molar-refractivity contribution in [2.45, 2.75) is 12.4 Å². The van der Waals surface area contributed by atoms with Crippen molar-refractivity contribution in [2.24, 2.45) is 0 Å². The Hall–Kier alpha value is -11.6. The summed E-state index contributed by atoms with van der Waals surface area (Å²) in [5.74, 6) is 0.333. The Morgan fingerprint density at radius 1 is 0.346 bits per heavy atom. The molecule has 0 saturated carbocycles. The average molecular weight is 1060 g/mol. The van der Waals surface area contributed by atoms with Crippen LogP contribution in [-0.4, -0.2) is 14.5 Å². The van der Waals surface area contributed by atoms with Gasteiger partial charge in [-0.25, -0.2) is 9.97 Å². The molecule has 11 aromatic rings. The lowest BCUT2D eigenvalue weighted by Crippen LogP contribution is -2.06. The second-order valence-electron chi connectivity index (χ2n) is 18.6. The lowest BCUT2D eigenvalue weighted by Gasteiger charge is -2.22. The minimum absolute atomic E-state index is 0.0182. The quantitative estimate of drug-likeness (QED) is 0.135. The zero-order chi connectivity index (χ0) is 56.7. The van der Waals surface area contributed by atoms with Crippen molar-refractivity contribution in [2.75, 3.05) is 0 Å². The largest absolute Gasteiger partial charge is 0.416 e. The highest BCUT2D eigenvalue weighted by atomic mass is 19.4. The van der Waals surface area contributed by atoms with Crippen LogP contribution < -0.4 is 0 Å². The van der Waals surface area contributed by atoms with Crippen LogP contribution in [0.15, 0.2) is 188 Å². The molecule has 9 nitrogen and oxygen atoms in total. The summed E-state index contributed by atoms with van der Waals surface area (Å²) in [5.41, 5.74) is 4.46. The van der Waals surface area contributed by atoms with Gasteiger partial charge in [-0.2, -0.15) is 57.9 Å². The number of rotatable bonds is 8. The molecule has 0 N–H and O–H groups in total. The van der Waals surface area contributed by atoms with Gasteiger partial charge in [0.25, 0.3) is 0 Å². The van der Waals surface area contributed by atoms with E-state index in [0.717, 1.165) is 29.8 Å². The molecule has 0 unspecified atom stereocenters. The number of fused-ring (bicyclic) bond motifs is 3. The van der Waals surface area contributed by atoms with Crippen molar-refractivity contribution < 1.29 is 26.3 Å². The number of benzene rings is 9. The van der Waals surface area contributed by atoms with Crippen LogP contribution in [0.2, 0.25) is 0 Å². The molecule has 2 aromatic heterocycles. The van der Waals surface area contributed by atoms with Gasteiger partial charge in [0.05, 0.1) is 109 Å². The molecule has 2 heterocycles. The third-order valence-corrected chi connectivity index (χ3v) is 13.9. The Kier molecular flexibility index (Phi) is 13.0. The van der Waals surface area contributed by atoms with Gasteiger partial charge >= 0.3 is 12.4 Å². The summed E-state index contributed by atoms with van der Waals surface area (Å²) >= 11 is 0. The van der Waals surface area contributed by atoms with Gasteiger partial charge < -0.3 is 4.57 Å². The maximum Gasteiger partial charge on any atom is 0.416 e. The van der Waals surface area contributed by atoms with E-state index in [1.165, 1.54) is 48.5 Å². The maximum atomic E-state index is 14.4. The van der Waals surface area contributed by atoms with Crippen LogP contribution >= 0.6 is 0 Å². The van der Waals surface area contributed by atoms with E-state index in [2.05, 4.69) is 24.3 Å². The second-order valence-corrected chi connectivity index (χ2v) is 18.6. The van der Waals surface area contributed by atoms with Crippen molar-refractivity contribution >= 4 is 21.8 Å². The van der Waals surface area contributed by atoms with Gasteiger partial charge in [0.15, 0.2) is 5.82 Å². The second kappa shape index (κ2) is 20.4. The topological polar surface area (TPSA) is 173 Å². The SMILES string of the molecule is N#Cc1cc(C#N)c(-c2ccc3c(c2)c2cc(-c4c(C#N)cc(C#N)cc4C#N)ccc2n3-c2c(-c3ccc(C(F)(F)F)cc3)cc(-c3cc(-c4ccccc4)nc(-c4ccccc4)n3)cc2-c2ccc(C(F)(F)F)cc2)c(C#N)c1. The molecule has 9 aromatic carbocycles. The number of nitriles is 6. The predicted octanol–water partition coefficient (Wildman–Crippen LogP) is 16.5. The fourth-order valence-corrected chi connectivity index (χ4v) is 10.2. The Morgan fingerprint density at radius 2 is 0.716 bits per heavy atom. The predicted molar refractivity (Wildman–Crippen MR) is 293 cm³/mol. The molecule has 0 saturated heterocycles. The van der Waals surface area contributed by atoms with Gasteiger partial charge in [-0.15, -0.1) is 0 Å². The summed E-state index contributed by atoms with van der Waals surface area (Å²) in [4.78, 5) is 10.0. The van der Waals surface area contributed by atoms with Gasteiger partial charge in [-0.3, -0.25) is 0 Å². The number of alkyl halides is 6. The summed E-state index contributed by atoms with van der Waals surface area (Å²) < 4.78 is 88.2. The maximum absolute atomic E-state index is 14.4. The van der Waals surface area contributed by atoms with E-state index in [4.69, 9.17) is 9.97 Å². The number of hydrogen-bond acceptors (Lipinski definition) is 8. The molecule has 382 valence electrons. The highest BCUT2D eigenvalue weighted by Gasteiger charge is 2.32. The third-order valence-electron chi connectivity index (χ3n) is 13.9. The van der Waals surface area contributed by atoms with Crippen LogP contribution in [-0.2, 0) is 12.4 Å². The van der Waals surface area contributed by atoms with Gasteiger partial charge in [-0.05, 0) is 113 Å². The van der Waals surface area contributed by atoms with E-state index in [9.17, 15) is 57.9 Å². The van der Waals surface area contributed by atoms with Crippen LogP contribution in [0, 0.1) is 68.0 Å². The summed E-state index contributed by atoms with van der Waals surface area (Å²) in [5, 5.41) is 62.2. The lowest BCUT2D eigenvalue weighted by molar-refractivity contribution is -0.138. The average Bonchev–Trinajstić information content (AvgIpc) is 3.87. The van der Waals surface area contributed by atoms with Crippen LogP contribution in [0.1, 0.15) is 44.5 Å². The van der Waals surface area contributed by atoms with Crippen LogP contribution in [0.4, 0.5) is 26.3 Å². The first-order chi connectivity index (χ1) is 39.1. The number of aromatic nitrogens is 3. The zero-order valence-corrected chi connectivity index (χ0v) is 41.7. The van der Waals surface area contributed by atoms with Gasteiger partial charge in [0.1, 0.15) is 0 Å². The molecule has 11 rings (SSSR count). The van der Waals surface area contributed by atoms with Gasteiger partial charge in [-0.1, -0.05) is 97.1 Å². The number of halogens is 6. The molecule has 0 aliphatic carbocycles. The van der Waals surface area contributed by atoms with Crippen LogP contribution in [0.3, 0.4) is 0 Å². The molecule has 0 atom stereocenters. The first-order valence-corrected chi connectivity index (χ1v) is 24.5. The fourth-order valence-electron chi connectivity index (χ4n) is 10.2. The number of nitrogens with zero attached hydrogens (tertiary/aromatic N) is 9. The molecular weight excluding hydrogens is 1030 g/mol. The summed E-state index contributed by atoms with van der Waals surface area (Å²) in [6.45, 7) is 0. The third kappa shape index (κ3) is 9.47. The fraction of sp³-hybridized carbons (Fsp3) is 0.0303. The standard InChI is InChI=1S/C66H31F6N9/c67-65(68,69)51-17-11-40(12-18-51)53-29-46(58-31-57(42-7-3-1-4-8-42)79-64(80-58)43-9-5-2-6-10-43)30-54(41-13-19-52(20-14-41)66(70,71)72)63(53)81-59-21-15-44(61-47(34-75)23-38(32-73)24-48(61)35-76)27-55(59)56-28-45(16-22-60(56)81)62-49(36-77)25-39(33-74)26-50(62)37-78/h1-31H. The Bertz CT molecular complexity index is 4300. The highest BCUT2D eigenvalue weighted by molar-refractivity contribution is 6.13. The van der Waals surface area contributed by atoms with Crippen molar-refractivity contribution in [3.05, 3.63) is 233 Å². The Morgan fingerprint density at radius 3 is 1.09 bits per heavy atom. The molecule has 81 heavy (non-hydrogen) atoms. The van der Waals surface area contributed by atoms with Gasteiger partial charge in [0.2, 0.25) is 0 Å². The monoisotopic (exact) mass is 1060 g/mol. The Balaban J connectivity index is 1.30. The molecule has 0 fully saturated rings. The van der Waals surface area contributed by atoms with Crippen molar-refractivity contribution in [3.8, 4) is 121 Å². The van der Waals surface area contributed by atoms with E-state index >= 15 is 0 Å². The van der Waals surface area contributed by atoms with Gasteiger partial charge in [0, 0.05) is 49.7 Å². The highest BCUT2D eigenvalue weighted by Crippen LogP contribution is 2.47. The minimum atomic E-state index is -4.73. The summed E-state index contributed by atoms with van der Waals surface area (Å²) in [7, 11) is 0. The number of hydrogen-bond donors (Lipinski definition) is 0. The van der Waals surface area contributed by atoms with Crippen molar-refractivity contribution in [3.63, 3.8) is 0 Å². The molecule has 0 aliphatic rings. The summed E-state index contributed by atoms with van der Waals surface area (Å²) in [6.07, 6.45) is -9.45. The molecule has 15 heteroatoms. The first-order valence-electron chi connectivity index (χ1n) is 24.5. The smallest absolute Gasteiger partial charge is 0.308 e.